The molecule has 6 nitrogen and oxygen atoms in total. The molecule has 0 aromatic heterocycles. The van der Waals surface area contributed by atoms with Crippen LogP contribution in [0.1, 0.15) is 15.9 Å². The van der Waals surface area contributed by atoms with Crippen LogP contribution in [0.3, 0.4) is 0 Å². The molecule has 2 aromatic rings. The largest absolute Gasteiger partial charge is 0.449 e. The lowest BCUT2D eigenvalue weighted by Gasteiger charge is -2.08. The summed E-state index contributed by atoms with van der Waals surface area (Å²) >= 11 is 3.22. The average Bonchev–Trinajstić information content (AvgIpc) is 2.48. The van der Waals surface area contributed by atoms with Crippen LogP contribution in [-0.2, 0) is 0 Å². The highest BCUT2D eigenvalue weighted by Crippen LogP contribution is 2.35. The quantitative estimate of drug-likeness (QED) is 0.476. The monoisotopic (exact) mass is 346 g/mol. The minimum Gasteiger partial charge on any atom is -0.449 e. The minimum atomic E-state index is -0.593. The molecule has 21 heavy (non-hydrogen) atoms. The van der Waals surface area contributed by atoms with Gasteiger partial charge in [0.1, 0.15) is 12.0 Å². The Bertz CT molecular complexity index is 768. The maximum atomic E-state index is 11.0. The highest BCUT2D eigenvalue weighted by molar-refractivity contribution is 9.10. The molecule has 0 atom stereocenters. The van der Waals surface area contributed by atoms with Crippen molar-refractivity contribution >= 4 is 27.9 Å². The van der Waals surface area contributed by atoms with Crippen LogP contribution in [0.4, 0.5) is 5.69 Å². The summed E-state index contributed by atoms with van der Waals surface area (Å²) < 4.78 is 5.96. The van der Waals surface area contributed by atoms with Gasteiger partial charge in [0.2, 0.25) is 5.75 Å². The first-order valence-electron chi connectivity index (χ1n) is 5.66. The molecule has 0 bridgehead atoms. The highest BCUT2D eigenvalue weighted by Gasteiger charge is 2.17. The summed E-state index contributed by atoms with van der Waals surface area (Å²) in [5, 5.41) is 19.8. The van der Waals surface area contributed by atoms with Crippen molar-refractivity contribution in [2.45, 2.75) is 0 Å². The third-order valence-electron chi connectivity index (χ3n) is 2.60. The first-order chi connectivity index (χ1) is 10.0. The molecule has 0 spiro atoms. The Kier molecular flexibility index (Phi) is 4.30. The van der Waals surface area contributed by atoms with Gasteiger partial charge >= 0.3 is 5.69 Å². The fraction of sp³-hybridized carbons (Fsp3) is 0. The number of nitrogens with zero attached hydrogens (tertiary/aromatic N) is 2. The fourth-order valence-electron chi connectivity index (χ4n) is 1.61. The standard InChI is InChI=1S/C14H7BrN2O4/c15-11-5-10(8-18)2-4-13(11)21-14-6-9(7-16)1-3-12(14)17(19)20/h1-6,8H. The van der Waals surface area contributed by atoms with Crippen LogP contribution in [0.15, 0.2) is 40.9 Å². The number of nitro benzene ring substituents is 1. The number of rotatable bonds is 4. The van der Waals surface area contributed by atoms with Crippen LogP contribution in [0.2, 0.25) is 0 Å². The molecule has 7 heteroatoms. The van der Waals surface area contributed by atoms with Crippen molar-refractivity contribution < 1.29 is 14.5 Å². The van der Waals surface area contributed by atoms with Gasteiger partial charge in [0, 0.05) is 17.7 Å². The van der Waals surface area contributed by atoms with E-state index in [0.29, 0.717) is 22.1 Å². The number of ether oxygens (including phenoxy) is 1. The molecule has 0 heterocycles. The Morgan fingerprint density at radius 1 is 1.24 bits per heavy atom. The van der Waals surface area contributed by atoms with E-state index >= 15 is 0 Å². The van der Waals surface area contributed by atoms with Crippen molar-refractivity contribution in [3.05, 3.63) is 62.1 Å². The molecular formula is C14H7BrN2O4. The van der Waals surface area contributed by atoms with Crippen molar-refractivity contribution in [2.75, 3.05) is 0 Å². The summed E-state index contributed by atoms with van der Waals surface area (Å²) in [4.78, 5) is 21.1. The first-order valence-corrected chi connectivity index (χ1v) is 6.45. The van der Waals surface area contributed by atoms with Gasteiger partial charge in [-0.3, -0.25) is 14.9 Å². The normalized spacial score (nSPS) is 9.71. The summed E-state index contributed by atoms with van der Waals surface area (Å²) in [7, 11) is 0. The van der Waals surface area contributed by atoms with Gasteiger partial charge in [-0.05, 0) is 40.2 Å². The summed E-state index contributed by atoms with van der Waals surface area (Å²) in [6.45, 7) is 0. The number of hydrogen-bond acceptors (Lipinski definition) is 5. The molecule has 0 aliphatic carbocycles. The summed E-state index contributed by atoms with van der Waals surface area (Å²) in [5.41, 5.74) is 0.436. The molecule has 0 aliphatic heterocycles. The molecule has 0 saturated carbocycles. The zero-order valence-corrected chi connectivity index (χ0v) is 12.0. The van der Waals surface area contributed by atoms with Crippen LogP contribution in [0, 0.1) is 21.4 Å². The number of benzene rings is 2. The zero-order valence-electron chi connectivity index (χ0n) is 10.4. The molecule has 0 radical (unpaired) electrons. The van der Waals surface area contributed by atoms with Gasteiger partial charge < -0.3 is 4.74 Å². The second kappa shape index (κ2) is 6.15. The Labute approximate surface area is 127 Å². The Hall–Kier alpha value is -2.72. The lowest BCUT2D eigenvalue weighted by atomic mass is 10.2. The molecule has 2 rings (SSSR count). The van der Waals surface area contributed by atoms with E-state index in [1.165, 1.54) is 36.4 Å². The van der Waals surface area contributed by atoms with E-state index < -0.39 is 4.92 Å². The number of nitriles is 1. The molecule has 0 amide bonds. The van der Waals surface area contributed by atoms with E-state index in [2.05, 4.69) is 15.9 Å². The topological polar surface area (TPSA) is 93.2 Å². The first kappa shape index (κ1) is 14.7. The predicted molar refractivity (Wildman–Crippen MR) is 77.4 cm³/mol. The second-order valence-electron chi connectivity index (χ2n) is 3.96. The van der Waals surface area contributed by atoms with Gasteiger partial charge in [0.05, 0.1) is 21.0 Å². The van der Waals surface area contributed by atoms with E-state index in [0.717, 1.165) is 0 Å². The molecule has 0 saturated heterocycles. The molecule has 2 aromatic carbocycles. The number of aldehydes is 1. The Morgan fingerprint density at radius 3 is 2.57 bits per heavy atom. The lowest BCUT2D eigenvalue weighted by Crippen LogP contribution is -1.95. The number of halogens is 1. The molecule has 104 valence electrons. The highest BCUT2D eigenvalue weighted by atomic mass is 79.9. The van der Waals surface area contributed by atoms with Gasteiger partial charge in [-0.15, -0.1) is 0 Å². The van der Waals surface area contributed by atoms with E-state index in [-0.39, 0.29) is 17.0 Å². The minimum absolute atomic E-state index is 0.0430. The maximum absolute atomic E-state index is 11.0. The van der Waals surface area contributed by atoms with Crippen LogP contribution < -0.4 is 4.74 Å². The van der Waals surface area contributed by atoms with Crippen molar-refractivity contribution in [3.8, 4) is 17.6 Å². The predicted octanol–water partition coefficient (Wildman–Crippen LogP) is 3.83. The smallest absolute Gasteiger partial charge is 0.311 e. The summed E-state index contributed by atoms with van der Waals surface area (Å²) in [6.07, 6.45) is 0.674. The molecule has 0 fully saturated rings. The van der Waals surface area contributed by atoms with Gasteiger partial charge in [0.15, 0.2) is 0 Å². The number of hydrogen-bond donors (Lipinski definition) is 0. The number of carbonyl (C=O) groups excluding carboxylic acids is 1. The third-order valence-corrected chi connectivity index (χ3v) is 3.22. The van der Waals surface area contributed by atoms with Crippen molar-refractivity contribution in [1.82, 2.24) is 0 Å². The molecule has 0 unspecified atom stereocenters. The summed E-state index contributed by atoms with van der Waals surface area (Å²) in [6, 6.07) is 10.3. The van der Waals surface area contributed by atoms with E-state index in [1.54, 1.807) is 0 Å². The van der Waals surface area contributed by atoms with Crippen molar-refractivity contribution in [2.24, 2.45) is 0 Å². The van der Waals surface area contributed by atoms with E-state index in [9.17, 15) is 14.9 Å². The molecule has 0 aliphatic rings. The lowest BCUT2D eigenvalue weighted by molar-refractivity contribution is -0.385. The van der Waals surface area contributed by atoms with Gasteiger partial charge in [0.25, 0.3) is 0 Å². The van der Waals surface area contributed by atoms with Crippen LogP contribution in [0.25, 0.3) is 0 Å². The van der Waals surface area contributed by atoms with Gasteiger partial charge in [-0.25, -0.2) is 0 Å². The number of carbonyl (C=O) groups is 1. The third kappa shape index (κ3) is 3.24. The molecule has 0 N–H and O–H groups in total. The summed E-state index contributed by atoms with van der Waals surface area (Å²) in [5.74, 6) is 0.261. The van der Waals surface area contributed by atoms with Gasteiger partial charge in [-0.1, -0.05) is 0 Å². The Balaban J connectivity index is 2.45. The zero-order chi connectivity index (χ0) is 15.4. The molecular weight excluding hydrogens is 340 g/mol. The van der Waals surface area contributed by atoms with Crippen molar-refractivity contribution in [3.63, 3.8) is 0 Å². The SMILES string of the molecule is N#Cc1ccc([N+](=O)[O-])c(Oc2ccc(C=O)cc2Br)c1. The van der Waals surface area contributed by atoms with Crippen LogP contribution >= 0.6 is 15.9 Å². The Morgan fingerprint density at radius 2 is 2.00 bits per heavy atom. The van der Waals surface area contributed by atoms with Crippen LogP contribution in [-0.4, -0.2) is 11.2 Å². The van der Waals surface area contributed by atoms with Crippen molar-refractivity contribution in [1.29, 1.82) is 5.26 Å². The maximum Gasteiger partial charge on any atom is 0.311 e. The van der Waals surface area contributed by atoms with Crippen LogP contribution in [0.5, 0.6) is 11.5 Å². The number of nitro groups is 1. The van der Waals surface area contributed by atoms with Gasteiger partial charge in [-0.2, -0.15) is 5.26 Å². The van der Waals surface area contributed by atoms with E-state index in [1.807, 2.05) is 6.07 Å². The fourth-order valence-corrected chi connectivity index (χ4v) is 2.09. The average molecular weight is 347 g/mol. The van der Waals surface area contributed by atoms with E-state index in [4.69, 9.17) is 10.00 Å². The second-order valence-corrected chi connectivity index (χ2v) is 4.82.